The Morgan fingerprint density at radius 3 is 2.17 bits per heavy atom. The van der Waals surface area contributed by atoms with Gasteiger partial charge in [-0.1, -0.05) is 62.2 Å². The van der Waals surface area contributed by atoms with Gasteiger partial charge in [0.15, 0.2) is 0 Å². The van der Waals surface area contributed by atoms with E-state index < -0.39 is 28.5 Å². The molecule has 0 aliphatic carbocycles. The number of rotatable bonds is 11. The normalized spacial score (nSPS) is 12.3. The highest BCUT2D eigenvalue weighted by atomic mass is 35.5. The molecule has 0 saturated heterocycles. The van der Waals surface area contributed by atoms with E-state index in [2.05, 4.69) is 5.32 Å². The molecule has 0 aliphatic rings. The molecular formula is C25H33Cl2N3O4S. The second kappa shape index (κ2) is 12.6. The molecule has 2 rings (SSSR count). The van der Waals surface area contributed by atoms with E-state index in [1.54, 1.807) is 43.3 Å². The summed E-state index contributed by atoms with van der Waals surface area (Å²) in [5.74, 6) is -0.548. The number of carbonyl (C=O) groups is 2. The summed E-state index contributed by atoms with van der Waals surface area (Å²) < 4.78 is 26.5. The molecule has 0 radical (unpaired) electrons. The zero-order valence-corrected chi connectivity index (χ0v) is 23.0. The first-order valence-electron chi connectivity index (χ1n) is 11.4. The number of hydrogen-bond acceptors (Lipinski definition) is 4. The van der Waals surface area contributed by atoms with Crippen LogP contribution in [-0.2, 0) is 26.2 Å². The second-order valence-corrected chi connectivity index (χ2v) is 11.7. The summed E-state index contributed by atoms with van der Waals surface area (Å²) in [6.45, 7) is 7.64. The van der Waals surface area contributed by atoms with Gasteiger partial charge in [-0.15, -0.1) is 0 Å². The van der Waals surface area contributed by atoms with Crippen LogP contribution in [0.25, 0.3) is 0 Å². The van der Waals surface area contributed by atoms with Crippen LogP contribution in [0.4, 0.5) is 5.69 Å². The van der Waals surface area contributed by atoms with Crippen molar-refractivity contribution >= 4 is 50.7 Å². The van der Waals surface area contributed by atoms with Gasteiger partial charge in [0.05, 0.1) is 11.9 Å². The average Bonchev–Trinajstić information content (AvgIpc) is 2.78. The van der Waals surface area contributed by atoms with Crippen molar-refractivity contribution in [3.05, 3.63) is 63.6 Å². The molecule has 1 atom stereocenters. The van der Waals surface area contributed by atoms with Crippen molar-refractivity contribution in [3.8, 4) is 0 Å². The van der Waals surface area contributed by atoms with Crippen molar-refractivity contribution in [1.82, 2.24) is 10.2 Å². The summed E-state index contributed by atoms with van der Waals surface area (Å²) in [5, 5.41) is 3.79. The number of nitrogens with zero attached hydrogens (tertiary/aromatic N) is 2. The highest BCUT2D eigenvalue weighted by molar-refractivity contribution is 7.92. The molecule has 0 aliphatic heterocycles. The second-order valence-electron chi connectivity index (χ2n) is 8.91. The number of sulfonamides is 1. The highest BCUT2D eigenvalue weighted by Gasteiger charge is 2.32. The Bertz CT molecular complexity index is 1140. The minimum absolute atomic E-state index is 0.121. The van der Waals surface area contributed by atoms with Crippen LogP contribution in [0.3, 0.4) is 0 Å². The summed E-state index contributed by atoms with van der Waals surface area (Å²) in [7, 11) is -3.83. The zero-order chi connectivity index (χ0) is 26.3. The van der Waals surface area contributed by atoms with Crippen LogP contribution in [0.1, 0.15) is 38.3 Å². The first-order chi connectivity index (χ1) is 16.3. The van der Waals surface area contributed by atoms with Gasteiger partial charge < -0.3 is 10.2 Å². The van der Waals surface area contributed by atoms with Crippen LogP contribution in [0.2, 0.25) is 10.0 Å². The first-order valence-corrected chi connectivity index (χ1v) is 14.0. The van der Waals surface area contributed by atoms with Gasteiger partial charge in [-0.3, -0.25) is 13.9 Å². The zero-order valence-electron chi connectivity index (χ0n) is 20.7. The Morgan fingerprint density at radius 2 is 1.63 bits per heavy atom. The number of anilines is 1. The Hall–Kier alpha value is -2.29. The van der Waals surface area contributed by atoms with E-state index in [1.807, 2.05) is 20.8 Å². The van der Waals surface area contributed by atoms with Crippen LogP contribution >= 0.6 is 23.2 Å². The Morgan fingerprint density at radius 1 is 1.03 bits per heavy atom. The number of aryl methyl sites for hydroxylation is 1. The molecule has 0 aromatic heterocycles. The number of halogens is 2. The van der Waals surface area contributed by atoms with E-state index in [0.29, 0.717) is 34.3 Å². The minimum Gasteiger partial charge on any atom is -0.354 e. The van der Waals surface area contributed by atoms with Gasteiger partial charge in [-0.2, -0.15) is 0 Å². The lowest BCUT2D eigenvalue weighted by Crippen LogP contribution is -2.52. The third-order valence-electron chi connectivity index (χ3n) is 5.46. The number of hydrogen-bond donors (Lipinski definition) is 1. The molecule has 0 spiro atoms. The molecule has 0 fully saturated rings. The molecule has 0 saturated carbocycles. The van der Waals surface area contributed by atoms with E-state index in [1.165, 1.54) is 11.0 Å². The van der Waals surface area contributed by atoms with E-state index in [4.69, 9.17) is 23.2 Å². The molecule has 192 valence electrons. The van der Waals surface area contributed by atoms with Crippen LogP contribution < -0.4 is 9.62 Å². The molecule has 0 unspecified atom stereocenters. The quantitative estimate of drug-likeness (QED) is 0.448. The Labute approximate surface area is 218 Å². The van der Waals surface area contributed by atoms with Gasteiger partial charge in [0.25, 0.3) is 0 Å². The largest absolute Gasteiger partial charge is 0.354 e. The van der Waals surface area contributed by atoms with E-state index in [0.717, 1.165) is 16.1 Å². The molecule has 10 heteroatoms. The van der Waals surface area contributed by atoms with Crippen LogP contribution in [0.5, 0.6) is 0 Å². The summed E-state index contributed by atoms with van der Waals surface area (Å²) in [5.41, 5.74) is 1.73. The molecule has 35 heavy (non-hydrogen) atoms. The fourth-order valence-corrected chi connectivity index (χ4v) is 4.77. The lowest BCUT2D eigenvalue weighted by atomic mass is 10.1. The topological polar surface area (TPSA) is 86.8 Å². The van der Waals surface area contributed by atoms with Crippen LogP contribution in [-0.4, -0.2) is 50.5 Å². The molecule has 2 amide bonds. The van der Waals surface area contributed by atoms with E-state index in [9.17, 15) is 18.0 Å². The third kappa shape index (κ3) is 8.40. The van der Waals surface area contributed by atoms with Crippen LogP contribution in [0, 0.1) is 12.8 Å². The van der Waals surface area contributed by atoms with Crippen molar-refractivity contribution in [1.29, 1.82) is 0 Å². The molecule has 0 bridgehead atoms. The van der Waals surface area contributed by atoms with Gasteiger partial charge in [0.2, 0.25) is 21.8 Å². The Balaban J connectivity index is 2.45. The van der Waals surface area contributed by atoms with Crippen molar-refractivity contribution in [2.45, 2.75) is 46.7 Å². The van der Waals surface area contributed by atoms with Gasteiger partial charge in [-0.25, -0.2) is 8.42 Å². The minimum atomic E-state index is -3.83. The molecule has 2 aromatic rings. The van der Waals surface area contributed by atoms with Crippen molar-refractivity contribution in [2.24, 2.45) is 5.92 Å². The highest BCUT2D eigenvalue weighted by Crippen LogP contribution is 2.27. The Kier molecular flexibility index (Phi) is 10.4. The van der Waals surface area contributed by atoms with Crippen molar-refractivity contribution in [3.63, 3.8) is 0 Å². The maximum atomic E-state index is 13.7. The monoisotopic (exact) mass is 541 g/mol. The van der Waals surface area contributed by atoms with Gasteiger partial charge in [0, 0.05) is 23.1 Å². The van der Waals surface area contributed by atoms with Gasteiger partial charge >= 0.3 is 0 Å². The van der Waals surface area contributed by atoms with Crippen molar-refractivity contribution < 1.29 is 18.0 Å². The lowest BCUT2D eigenvalue weighted by molar-refractivity contribution is -0.140. The van der Waals surface area contributed by atoms with Gasteiger partial charge in [0.1, 0.15) is 12.6 Å². The van der Waals surface area contributed by atoms with E-state index in [-0.39, 0.29) is 18.4 Å². The fourth-order valence-electron chi connectivity index (χ4n) is 3.57. The number of benzene rings is 2. The predicted molar refractivity (Wildman–Crippen MR) is 142 cm³/mol. The average molecular weight is 543 g/mol. The smallest absolute Gasteiger partial charge is 0.244 e. The van der Waals surface area contributed by atoms with Crippen molar-refractivity contribution in [2.75, 3.05) is 23.7 Å². The van der Waals surface area contributed by atoms with E-state index >= 15 is 0 Å². The summed E-state index contributed by atoms with van der Waals surface area (Å²) in [4.78, 5) is 28.1. The molecule has 2 aromatic carbocycles. The number of amides is 2. The summed E-state index contributed by atoms with van der Waals surface area (Å²) in [6.07, 6.45) is 1.40. The number of nitrogens with one attached hydrogen (secondary N) is 1. The summed E-state index contributed by atoms with van der Waals surface area (Å²) >= 11 is 12.1. The predicted octanol–water partition coefficient (Wildman–Crippen LogP) is 4.65. The maximum absolute atomic E-state index is 13.7. The first kappa shape index (κ1) is 28.9. The molecule has 7 nitrogen and oxygen atoms in total. The summed E-state index contributed by atoms with van der Waals surface area (Å²) in [6, 6.07) is 11.0. The number of carbonyl (C=O) groups excluding carboxylic acids is 2. The SMILES string of the molecule is CC[C@H](C(=O)NCC(C)C)N(Cc1ccc(Cl)cc1)C(=O)CN(c1cc(Cl)ccc1C)S(C)(=O)=O. The molecule has 1 N–H and O–H groups in total. The van der Waals surface area contributed by atoms with Crippen LogP contribution in [0.15, 0.2) is 42.5 Å². The molecule has 0 heterocycles. The standard InChI is InChI=1S/C25H33Cl2N3O4S/c1-6-22(25(32)28-14-17(2)3)29(15-19-8-11-20(26)12-9-19)24(31)16-30(35(5,33)34)23-13-21(27)10-7-18(23)4/h7-13,17,22H,6,14-16H2,1-5H3,(H,28,32)/t22-/m1/s1. The lowest BCUT2D eigenvalue weighted by Gasteiger charge is -2.33. The van der Waals surface area contributed by atoms with Gasteiger partial charge in [-0.05, 0) is 54.7 Å². The fraction of sp³-hybridized carbons (Fsp3) is 0.440. The third-order valence-corrected chi connectivity index (χ3v) is 7.07. The maximum Gasteiger partial charge on any atom is 0.244 e. The molecular weight excluding hydrogens is 509 g/mol.